The van der Waals surface area contributed by atoms with Crippen molar-refractivity contribution >= 4 is 29.2 Å². The van der Waals surface area contributed by atoms with Gasteiger partial charge in [0.2, 0.25) is 5.91 Å². The number of pyridine rings is 1. The van der Waals surface area contributed by atoms with Gasteiger partial charge in [-0.2, -0.15) is 13.2 Å². The monoisotopic (exact) mass is 524 g/mol. The molecule has 1 N–H and O–H groups in total. The highest BCUT2D eigenvalue weighted by atomic mass is 35.5. The summed E-state index contributed by atoms with van der Waals surface area (Å²) >= 11 is 6.19. The molecule has 1 aliphatic heterocycles. The van der Waals surface area contributed by atoms with E-state index < -0.39 is 18.0 Å². The van der Waals surface area contributed by atoms with E-state index in [0.717, 1.165) is 30.7 Å². The van der Waals surface area contributed by atoms with Gasteiger partial charge in [-0.3, -0.25) is 9.59 Å². The summed E-state index contributed by atoms with van der Waals surface area (Å²) in [7, 11) is 4.62. The summed E-state index contributed by atoms with van der Waals surface area (Å²) < 4.78 is 37.7. The Bertz CT molecular complexity index is 1040. The number of carbonyl (C=O) groups is 2. The molecule has 2 aliphatic rings. The van der Waals surface area contributed by atoms with Gasteiger partial charge in [0.15, 0.2) is 5.92 Å². The van der Waals surface area contributed by atoms with Crippen LogP contribution in [0.3, 0.4) is 0 Å². The number of likely N-dealkylation sites (N-methyl/N-ethyl adjacent to an activating group) is 1. The summed E-state index contributed by atoms with van der Waals surface area (Å²) in [5.41, 5.74) is 0.419. The zero-order chi connectivity index (χ0) is 26.5. The van der Waals surface area contributed by atoms with Gasteiger partial charge in [-0.05, 0) is 55.2 Å². The number of halogens is 4. The summed E-state index contributed by atoms with van der Waals surface area (Å²) in [5, 5.41) is 2.31. The molecule has 2 heterocycles. The van der Waals surface area contributed by atoms with Crippen molar-refractivity contribution in [2.24, 2.45) is 11.8 Å². The van der Waals surface area contributed by atoms with E-state index in [0.29, 0.717) is 10.7 Å². The molecule has 1 unspecified atom stereocenters. The van der Waals surface area contributed by atoms with E-state index in [2.05, 4.69) is 9.88 Å². The number of rotatable bonds is 5. The Morgan fingerprint density at radius 2 is 1.61 bits per heavy atom. The van der Waals surface area contributed by atoms with Crippen LogP contribution in [0.5, 0.6) is 0 Å². The second-order valence-electron chi connectivity index (χ2n) is 9.37. The van der Waals surface area contributed by atoms with E-state index in [1.54, 1.807) is 26.2 Å². The van der Waals surface area contributed by atoms with Gasteiger partial charge in [0.1, 0.15) is 11.0 Å². The third-order valence-corrected chi connectivity index (χ3v) is 6.88. The lowest BCUT2D eigenvalue weighted by Crippen LogP contribution is -2.35. The molecule has 1 aromatic carbocycles. The lowest BCUT2D eigenvalue weighted by molar-refractivity contribution is -0.164. The van der Waals surface area contributed by atoms with Crippen LogP contribution in [0.1, 0.15) is 47.5 Å². The number of amides is 2. The van der Waals surface area contributed by atoms with Crippen LogP contribution in [0, 0.1) is 11.8 Å². The van der Waals surface area contributed by atoms with E-state index in [-0.39, 0.29) is 11.5 Å². The highest BCUT2D eigenvalue weighted by molar-refractivity contribution is 6.32. The van der Waals surface area contributed by atoms with E-state index in [4.69, 9.17) is 11.6 Å². The zero-order valence-corrected chi connectivity index (χ0v) is 21.4. The molecule has 10 heteroatoms. The van der Waals surface area contributed by atoms with E-state index >= 15 is 0 Å². The van der Waals surface area contributed by atoms with Crippen LogP contribution in [0.2, 0.25) is 5.15 Å². The Labute approximate surface area is 214 Å². The summed E-state index contributed by atoms with van der Waals surface area (Å²) in [6, 6.07) is 10.8. The normalized spacial score (nSPS) is 17.0. The second-order valence-corrected chi connectivity index (χ2v) is 9.73. The maximum Gasteiger partial charge on any atom is 0.404 e. The summed E-state index contributed by atoms with van der Waals surface area (Å²) in [4.78, 5) is 31.3. The molecule has 36 heavy (non-hydrogen) atoms. The first-order valence-corrected chi connectivity index (χ1v) is 12.4. The standard InChI is InChI=1S/C16H22ClN3O.C10H10F3NO/c1-19(2)16(21)13-5-6-14(18-15(13)17)20-9-7-12(8-10-20)11-3-4-11;1-14-9(15)8(10(11,12)13)7-5-3-2-4-6-7/h5-6,11-12H,3-4,7-10H2,1-2H3;2-6,8H,1H3,(H,14,15). The van der Waals surface area contributed by atoms with Gasteiger partial charge in [0.25, 0.3) is 5.91 Å². The highest BCUT2D eigenvalue weighted by Crippen LogP contribution is 2.42. The SMILES string of the molecule is CN(C)C(=O)c1ccc(N2CCC(C3CC3)CC2)nc1Cl.CNC(=O)C(c1ccccc1)C(F)(F)F. The fourth-order valence-electron chi connectivity index (χ4n) is 4.45. The predicted octanol–water partition coefficient (Wildman–Crippen LogP) is 5.14. The number of anilines is 1. The number of nitrogens with zero attached hydrogens (tertiary/aromatic N) is 3. The second kappa shape index (κ2) is 12.0. The van der Waals surface area contributed by atoms with Crippen molar-refractivity contribution in [3.05, 3.63) is 58.7 Å². The lowest BCUT2D eigenvalue weighted by atomic mass is 9.92. The van der Waals surface area contributed by atoms with Crippen molar-refractivity contribution in [1.29, 1.82) is 0 Å². The smallest absolute Gasteiger partial charge is 0.358 e. The number of aromatic nitrogens is 1. The molecule has 0 radical (unpaired) electrons. The summed E-state index contributed by atoms with van der Waals surface area (Å²) in [6.07, 6.45) is 0.790. The van der Waals surface area contributed by atoms with Gasteiger partial charge >= 0.3 is 6.18 Å². The molecule has 1 saturated heterocycles. The van der Waals surface area contributed by atoms with Crippen LogP contribution < -0.4 is 10.2 Å². The van der Waals surface area contributed by atoms with Crippen LogP contribution in [0.4, 0.5) is 19.0 Å². The molecule has 2 fully saturated rings. The topological polar surface area (TPSA) is 65.5 Å². The molecule has 0 bridgehead atoms. The van der Waals surface area contributed by atoms with Crippen LogP contribution in [0.15, 0.2) is 42.5 Å². The fraction of sp³-hybridized carbons (Fsp3) is 0.500. The van der Waals surface area contributed by atoms with E-state index in [9.17, 15) is 22.8 Å². The Hall–Kier alpha value is -2.81. The molecule has 1 atom stereocenters. The third kappa shape index (κ3) is 7.12. The number of nitrogens with one attached hydrogen (secondary N) is 1. The molecule has 2 aromatic rings. The molecule has 6 nitrogen and oxygen atoms in total. The van der Waals surface area contributed by atoms with Crippen molar-refractivity contribution in [3.8, 4) is 0 Å². The Kier molecular flexibility index (Phi) is 9.22. The molecule has 4 rings (SSSR count). The van der Waals surface area contributed by atoms with Crippen LogP contribution in [0.25, 0.3) is 0 Å². The first-order chi connectivity index (χ1) is 17.0. The number of benzene rings is 1. The molecule has 196 valence electrons. The van der Waals surface area contributed by atoms with Crippen LogP contribution in [-0.2, 0) is 4.79 Å². The molecule has 1 aliphatic carbocycles. The van der Waals surface area contributed by atoms with Gasteiger partial charge < -0.3 is 15.1 Å². The maximum absolute atomic E-state index is 12.6. The van der Waals surface area contributed by atoms with Crippen molar-refractivity contribution in [2.45, 2.75) is 37.8 Å². The van der Waals surface area contributed by atoms with Crippen molar-refractivity contribution in [3.63, 3.8) is 0 Å². The maximum atomic E-state index is 12.6. The minimum atomic E-state index is -4.57. The minimum absolute atomic E-state index is 0.0515. The van der Waals surface area contributed by atoms with E-state index in [1.165, 1.54) is 61.9 Å². The number of hydrogen-bond donors (Lipinski definition) is 1. The largest absolute Gasteiger partial charge is 0.404 e. The third-order valence-electron chi connectivity index (χ3n) is 6.59. The Morgan fingerprint density at radius 3 is 2.08 bits per heavy atom. The van der Waals surface area contributed by atoms with Gasteiger partial charge in [-0.25, -0.2) is 4.98 Å². The van der Waals surface area contributed by atoms with Crippen LogP contribution >= 0.6 is 11.6 Å². The van der Waals surface area contributed by atoms with Gasteiger partial charge in [0.05, 0.1) is 5.56 Å². The molecule has 0 spiro atoms. The minimum Gasteiger partial charge on any atom is -0.358 e. The average molecular weight is 525 g/mol. The average Bonchev–Trinajstić information content (AvgIpc) is 3.69. The first kappa shape index (κ1) is 27.8. The zero-order valence-electron chi connectivity index (χ0n) is 20.7. The molecule has 1 aromatic heterocycles. The molecular formula is C26H32ClF3N4O2. The number of piperidine rings is 1. The summed E-state index contributed by atoms with van der Waals surface area (Å²) in [6.45, 7) is 2.09. The number of hydrogen-bond acceptors (Lipinski definition) is 4. The Balaban J connectivity index is 0.000000214. The van der Waals surface area contributed by atoms with E-state index in [1.807, 2.05) is 11.4 Å². The van der Waals surface area contributed by atoms with Gasteiger partial charge in [-0.1, -0.05) is 41.9 Å². The number of carbonyl (C=O) groups excluding carboxylic acids is 2. The van der Waals surface area contributed by atoms with Gasteiger partial charge in [-0.15, -0.1) is 0 Å². The molecular weight excluding hydrogens is 493 g/mol. The van der Waals surface area contributed by atoms with Crippen molar-refractivity contribution < 1.29 is 22.8 Å². The van der Waals surface area contributed by atoms with Crippen molar-refractivity contribution in [2.75, 3.05) is 39.1 Å². The lowest BCUT2D eigenvalue weighted by Gasteiger charge is -2.33. The molecule has 1 saturated carbocycles. The Morgan fingerprint density at radius 1 is 1.03 bits per heavy atom. The first-order valence-electron chi connectivity index (χ1n) is 12.0. The van der Waals surface area contributed by atoms with Gasteiger partial charge in [0, 0.05) is 34.2 Å². The predicted molar refractivity (Wildman–Crippen MR) is 134 cm³/mol. The number of alkyl halides is 3. The van der Waals surface area contributed by atoms with Crippen molar-refractivity contribution in [1.82, 2.24) is 15.2 Å². The highest BCUT2D eigenvalue weighted by Gasteiger charge is 2.45. The molecule has 2 amide bonds. The quantitative estimate of drug-likeness (QED) is 0.550. The summed E-state index contributed by atoms with van der Waals surface area (Å²) in [5.74, 6) is -0.455. The fourth-order valence-corrected chi connectivity index (χ4v) is 4.68. The van der Waals surface area contributed by atoms with Crippen LogP contribution in [-0.4, -0.2) is 62.1 Å².